The molecule has 3 rings (SSSR count). The summed E-state index contributed by atoms with van der Waals surface area (Å²) in [5.41, 5.74) is -0.0218. The van der Waals surface area contributed by atoms with Gasteiger partial charge in [0.2, 0.25) is 0 Å². The van der Waals surface area contributed by atoms with Crippen molar-refractivity contribution in [3.05, 3.63) is 0 Å². The number of nitrogens with one attached hydrogen (secondary N) is 1. The van der Waals surface area contributed by atoms with Gasteiger partial charge in [0.15, 0.2) is 0 Å². The van der Waals surface area contributed by atoms with Gasteiger partial charge in [0.25, 0.3) is 0 Å². The summed E-state index contributed by atoms with van der Waals surface area (Å²) < 4.78 is 17.5. The van der Waals surface area contributed by atoms with E-state index in [0.29, 0.717) is 12.1 Å². The van der Waals surface area contributed by atoms with Crippen LogP contribution in [0.15, 0.2) is 0 Å². The van der Waals surface area contributed by atoms with Gasteiger partial charge in [-0.3, -0.25) is 0 Å². The zero-order valence-electron chi connectivity index (χ0n) is 11.9. The molecular weight excluding hydrogens is 242 g/mol. The molecule has 0 saturated carbocycles. The third-order valence-electron chi connectivity index (χ3n) is 4.75. The van der Waals surface area contributed by atoms with Gasteiger partial charge in [-0.05, 0) is 32.2 Å². The van der Waals surface area contributed by atoms with Gasteiger partial charge in [-0.1, -0.05) is 6.42 Å². The van der Waals surface area contributed by atoms with Gasteiger partial charge in [0.1, 0.15) is 0 Å². The van der Waals surface area contributed by atoms with Crippen LogP contribution in [0.3, 0.4) is 0 Å². The molecule has 0 bridgehead atoms. The molecule has 110 valence electrons. The first-order valence-electron chi connectivity index (χ1n) is 7.93. The van der Waals surface area contributed by atoms with Crippen LogP contribution >= 0.6 is 0 Å². The van der Waals surface area contributed by atoms with E-state index in [9.17, 15) is 0 Å². The van der Waals surface area contributed by atoms with Crippen molar-refractivity contribution < 1.29 is 14.2 Å². The molecule has 1 spiro atoms. The molecule has 3 aliphatic rings. The fraction of sp³-hybridized carbons (Fsp3) is 1.00. The SMILES string of the molecule is C1CCC(CCOC2CCOC3(CCOC3)C2)NC1. The Morgan fingerprint density at radius 2 is 2.21 bits per heavy atom. The molecule has 0 amide bonds. The van der Waals surface area contributed by atoms with Crippen molar-refractivity contribution in [1.29, 1.82) is 0 Å². The van der Waals surface area contributed by atoms with Gasteiger partial charge in [-0.25, -0.2) is 0 Å². The highest BCUT2D eigenvalue weighted by atomic mass is 16.6. The highest BCUT2D eigenvalue weighted by molar-refractivity contribution is 4.90. The predicted octanol–water partition coefficient (Wildman–Crippen LogP) is 1.87. The van der Waals surface area contributed by atoms with Crippen LogP contribution in [0.25, 0.3) is 0 Å². The Morgan fingerprint density at radius 1 is 1.21 bits per heavy atom. The normalized spacial score (nSPS) is 39.8. The number of ether oxygens (including phenoxy) is 3. The van der Waals surface area contributed by atoms with Crippen LogP contribution in [0.1, 0.15) is 44.9 Å². The van der Waals surface area contributed by atoms with E-state index in [4.69, 9.17) is 14.2 Å². The van der Waals surface area contributed by atoms with E-state index in [2.05, 4.69) is 5.32 Å². The van der Waals surface area contributed by atoms with Crippen molar-refractivity contribution in [2.75, 3.05) is 33.0 Å². The molecule has 1 N–H and O–H groups in total. The van der Waals surface area contributed by atoms with E-state index in [1.54, 1.807) is 0 Å². The highest BCUT2D eigenvalue weighted by Gasteiger charge is 2.41. The molecule has 4 nitrogen and oxygen atoms in total. The largest absolute Gasteiger partial charge is 0.378 e. The van der Waals surface area contributed by atoms with Gasteiger partial charge in [0.05, 0.1) is 18.3 Å². The Hall–Kier alpha value is -0.160. The second-order valence-electron chi connectivity index (χ2n) is 6.26. The Bertz CT molecular complexity index is 273. The molecule has 3 aliphatic heterocycles. The second-order valence-corrected chi connectivity index (χ2v) is 6.26. The molecule has 4 heteroatoms. The number of hydrogen-bond acceptors (Lipinski definition) is 4. The molecule has 0 aromatic rings. The summed E-state index contributed by atoms with van der Waals surface area (Å²) in [4.78, 5) is 0. The fourth-order valence-corrected chi connectivity index (χ4v) is 3.54. The van der Waals surface area contributed by atoms with Gasteiger partial charge >= 0.3 is 0 Å². The van der Waals surface area contributed by atoms with Crippen molar-refractivity contribution in [2.24, 2.45) is 0 Å². The number of rotatable bonds is 4. The lowest BCUT2D eigenvalue weighted by Crippen LogP contribution is -2.43. The first-order valence-corrected chi connectivity index (χ1v) is 7.93. The van der Waals surface area contributed by atoms with E-state index in [-0.39, 0.29) is 5.60 Å². The van der Waals surface area contributed by atoms with Crippen LogP contribution < -0.4 is 5.32 Å². The summed E-state index contributed by atoms with van der Waals surface area (Å²) in [7, 11) is 0. The van der Waals surface area contributed by atoms with E-state index >= 15 is 0 Å². The smallest absolute Gasteiger partial charge is 0.0961 e. The van der Waals surface area contributed by atoms with Gasteiger partial charge < -0.3 is 19.5 Å². The summed E-state index contributed by atoms with van der Waals surface area (Å²) in [6, 6.07) is 0.678. The maximum Gasteiger partial charge on any atom is 0.0961 e. The van der Waals surface area contributed by atoms with Crippen molar-refractivity contribution >= 4 is 0 Å². The van der Waals surface area contributed by atoms with E-state index in [1.807, 2.05) is 0 Å². The zero-order valence-corrected chi connectivity index (χ0v) is 11.9. The van der Waals surface area contributed by atoms with Crippen LogP contribution in [0.4, 0.5) is 0 Å². The zero-order chi connectivity index (χ0) is 13.0. The molecular formula is C15H27NO3. The van der Waals surface area contributed by atoms with Crippen LogP contribution in [0, 0.1) is 0 Å². The fourth-order valence-electron chi connectivity index (χ4n) is 3.54. The molecule has 3 atom stereocenters. The van der Waals surface area contributed by atoms with Crippen LogP contribution in [-0.2, 0) is 14.2 Å². The van der Waals surface area contributed by atoms with Gasteiger partial charge in [-0.15, -0.1) is 0 Å². The lowest BCUT2D eigenvalue weighted by molar-refractivity contribution is -0.134. The predicted molar refractivity (Wildman–Crippen MR) is 73.4 cm³/mol. The number of piperidine rings is 1. The minimum atomic E-state index is -0.0218. The summed E-state index contributed by atoms with van der Waals surface area (Å²) in [6.45, 7) is 4.51. The van der Waals surface area contributed by atoms with Crippen LogP contribution in [0.2, 0.25) is 0 Å². The standard InChI is InChI=1S/C15H27NO3/c1-2-7-16-13(3-1)4-8-18-14-5-9-19-15(11-14)6-10-17-12-15/h13-14,16H,1-12H2. The topological polar surface area (TPSA) is 39.7 Å². The summed E-state index contributed by atoms with van der Waals surface area (Å²) in [5, 5.41) is 3.58. The third-order valence-corrected chi connectivity index (χ3v) is 4.75. The first kappa shape index (κ1) is 13.8. The lowest BCUT2D eigenvalue weighted by atomic mass is 9.91. The maximum atomic E-state index is 6.10. The molecule has 3 saturated heterocycles. The van der Waals surface area contributed by atoms with Gasteiger partial charge in [0, 0.05) is 38.7 Å². The summed E-state index contributed by atoms with van der Waals surface area (Å²) in [5.74, 6) is 0. The molecule has 3 heterocycles. The van der Waals surface area contributed by atoms with E-state index < -0.39 is 0 Å². The van der Waals surface area contributed by atoms with Crippen molar-refractivity contribution in [1.82, 2.24) is 5.32 Å². The molecule has 0 aromatic carbocycles. The Morgan fingerprint density at radius 3 is 3.00 bits per heavy atom. The minimum absolute atomic E-state index is 0.0218. The van der Waals surface area contributed by atoms with E-state index in [0.717, 1.165) is 52.1 Å². The quantitative estimate of drug-likeness (QED) is 0.846. The van der Waals surface area contributed by atoms with Crippen molar-refractivity contribution in [3.8, 4) is 0 Å². The molecule has 0 radical (unpaired) electrons. The first-order chi connectivity index (χ1) is 9.36. The maximum absolute atomic E-state index is 6.10. The minimum Gasteiger partial charge on any atom is -0.378 e. The van der Waals surface area contributed by atoms with E-state index in [1.165, 1.54) is 25.8 Å². The highest BCUT2D eigenvalue weighted by Crippen LogP contribution is 2.34. The summed E-state index contributed by atoms with van der Waals surface area (Å²) >= 11 is 0. The van der Waals surface area contributed by atoms with Crippen LogP contribution in [-0.4, -0.2) is 50.7 Å². The Kier molecular flexibility index (Phi) is 4.74. The molecule has 3 fully saturated rings. The van der Waals surface area contributed by atoms with Crippen molar-refractivity contribution in [3.63, 3.8) is 0 Å². The lowest BCUT2D eigenvalue weighted by Gasteiger charge is -2.37. The number of hydrogen-bond donors (Lipinski definition) is 1. The summed E-state index contributed by atoms with van der Waals surface area (Å²) in [6.07, 6.45) is 8.64. The second kappa shape index (κ2) is 6.53. The third kappa shape index (κ3) is 3.69. The molecule has 0 aliphatic carbocycles. The average Bonchev–Trinajstić information content (AvgIpc) is 2.88. The van der Waals surface area contributed by atoms with Crippen LogP contribution in [0.5, 0.6) is 0 Å². The Labute approximate surface area is 116 Å². The average molecular weight is 269 g/mol. The Balaban J connectivity index is 1.37. The monoisotopic (exact) mass is 269 g/mol. The molecule has 0 aromatic heterocycles. The molecule has 19 heavy (non-hydrogen) atoms. The van der Waals surface area contributed by atoms with Gasteiger partial charge in [-0.2, -0.15) is 0 Å². The van der Waals surface area contributed by atoms with Crippen molar-refractivity contribution in [2.45, 2.75) is 62.7 Å². The molecule has 3 unspecified atom stereocenters.